The van der Waals surface area contributed by atoms with Crippen molar-refractivity contribution in [1.82, 2.24) is 4.90 Å². The zero-order chi connectivity index (χ0) is 9.97. The number of piperidine rings is 3. The molecule has 3 nitrogen and oxygen atoms in total. The lowest BCUT2D eigenvalue weighted by Gasteiger charge is -2.44. The topological polar surface area (TPSA) is 29.5 Å². The van der Waals surface area contributed by atoms with Crippen LogP contribution in [0.5, 0.6) is 0 Å². The Balaban J connectivity index is 1.73. The molecule has 0 aliphatic carbocycles. The van der Waals surface area contributed by atoms with Gasteiger partial charge in [0.2, 0.25) is 0 Å². The second-order valence-electron chi connectivity index (χ2n) is 4.53. The maximum absolute atomic E-state index is 10.6. The summed E-state index contributed by atoms with van der Waals surface area (Å²) in [4.78, 5) is 13.2. The van der Waals surface area contributed by atoms with Crippen LogP contribution in [-0.4, -0.2) is 37.1 Å². The van der Waals surface area contributed by atoms with Crippen LogP contribution in [-0.2, 0) is 9.53 Å². The minimum atomic E-state index is -0.147. The highest BCUT2D eigenvalue weighted by Gasteiger charge is 2.33. The molecule has 0 amide bonds. The fourth-order valence-corrected chi connectivity index (χ4v) is 2.77. The normalized spacial score (nSPS) is 35.6. The van der Waals surface area contributed by atoms with E-state index in [9.17, 15) is 4.79 Å². The van der Waals surface area contributed by atoms with E-state index in [1.165, 1.54) is 39.4 Å². The molecule has 0 saturated carbocycles. The van der Waals surface area contributed by atoms with Crippen molar-refractivity contribution < 1.29 is 9.53 Å². The van der Waals surface area contributed by atoms with Crippen LogP contribution >= 0.6 is 0 Å². The third-order valence-electron chi connectivity index (χ3n) is 3.59. The third-order valence-corrected chi connectivity index (χ3v) is 3.59. The maximum atomic E-state index is 10.6. The molecule has 0 aromatic heterocycles. The van der Waals surface area contributed by atoms with Crippen LogP contribution in [0.1, 0.15) is 26.2 Å². The Kier molecular flexibility index (Phi) is 3.06. The van der Waals surface area contributed by atoms with Gasteiger partial charge in [-0.1, -0.05) is 0 Å². The van der Waals surface area contributed by atoms with Crippen molar-refractivity contribution >= 4 is 5.97 Å². The molecule has 3 saturated heterocycles. The SMILES string of the molecule is CC(=O)OCCC1CN2CCC1CC2. The minimum absolute atomic E-state index is 0.147. The van der Waals surface area contributed by atoms with Crippen molar-refractivity contribution in [1.29, 1.82) is 0 Å². The van der Waals surface area contributed by atoms with Crippen molar-refractivity contribution in [2.45, 2.75) is 26.2 Å². The van der Waals surface area contributed by atoms with Crippen LogP contribution in [0, 0.1) is 11.8 Å². The van der Waals surface area contributed by atoms with Crippen LogP contribution in [0.2, 0.25) is 0 Å². The van der Waals surface area contributed by atoms with Gasteiger partial charge in [0.25, 0.3) is 0 Å². The molecule has 14 heavy (non-hydrogen) atoms. The molecule has 3 fully saturated rings. The first kappa shape index (κ1) is 9.97. The van der Waals surface area contributed by atoms with Gasteiger partial charge in [-0.15, -0.1) is 0 Å². The van der Waals surface area contributed by atoms with Crippen LogP contribution < -0.4 is 0 Å². The van der Waals surface area contributed by atoms with E-state index in [1.807, 2.05) is 0 Å². The van der Waals surface area contributed by atoms with Crippen LogP contribution in [0.15, 0.2) is 0 Å². The number of hydrogen-bond donors (Lipinski definition) is 0. The van der Waals surface area contributed by atoms with Crippen LogP contribution in [0.4, 0.5) is 0 Å². The van der Waals surface area contributed by atoms with Crippen molar-refractivity contribution in [3.63, 3.8) is 0 Å². The summed E-state index contributed by atoms with van der Waals surface area (Å²) in [6.45, 7) is 5.90. The molecule has 0 aromatic carbocycles. The number of rotatable bonds is 3. The number of carbonyl (C=O) groups excluding carboxylic acids is 1. The van der Waals surface area contributed by atoms with Gasteiger partial charge in [0, 0.05) is 13.5 Å². The molecule has 0 spiro atoms. The smallest absolute Gasteiger partial charge is 0.302 e. The molecule has 3 aliphatic heterocycles. The summed E-state index contributed by atoms with van der Waals surface area (Å²) in [6.07, 6.45) is 3.76. The third kappa shape index (κ3) is 2.27. The summed E-state index contributed by atoms with van der Waals surface area (Å²) in [7, 11) is 0. The van der Waals surface area contributed by atoms with E-state index in [1.54, 1.807) is 0 Å². The first-order valence-electron chi connectivity index (χ1n) is 5.61. The van der Waals surface area contributed by atoms with E-state index in [0.717, 1.165) is 18.3 Å². The summed E-state index contributed by atoms with van der Waals surface area (Å²) in [5, 5.41) is 0. The van der Waals surface area contributed by atoms with E-state index in [0.29, 0.717) is 6.61 Å². The summed E-state index contributed by atoms with van der Waals surface area (Å²) in [6, 6.07) is 0. The second kappa shape index (κ2) is 4.30. The Morgan fingerprint density at radius 2 is 2.14 bits per heavy atom. The fraction of sp³-hybridized carbons (Fsp3) is 0.909. The fourth-order valence-electron chi connectivity index (χ4n) is 2.77. The Morgan fingerprint density at radius 3 is 2.64 bits per heavy atom. The molecule has 1 unspecified atom stereocenters. The molecule has 2 bridgehead atoms. The lowest BCUT2D eigenvalue weighted by atomic mass is 9.78. The Hall–Kier alpha value is -0.570. The first-order valence-corrected chi connectivity index (χ1v) is 5.61. The molecule has 80 valence electrons. The number of fused-ring (bicyclic) bond motifs is 3. The highest BCUT2D eigenvalue weighted by atomic mass is 16.5. The van der Waals surface area contributed by atoms with Crippen molar-refractivity contribution in [2.24, 2.45) is 11.8 Å². The summed E-state index contributed by atoms with van der Waals surface area (Å²) in [5.41, 5.74) is 0. The average molecular weight is 197 g/mol. The summed E-state index contributed by atoms with van der Waals surface area (Å²) in [5.74, 6) is 1.53. The van der Waals surface area contributed by atoms with E-state index in [4.69, 9.17) is 4.74 Å². The predicted octanol–water partition coefficient (Wildman–Crippen LogP) is 1.28. The second-order valence-corrected chi connectivity index (χ2v) is 4.53. The van der Waals surface area contributed by atoms with Gasteiger partial charge in [-0.25, -0.2) is 0 Å². The zero-order valence-corrected chi connectivity index (χ0v) is 8.87. The monoisotopic (exact) mass is 197 g/mol. The number of ether oxygens (including phenoxy) is 1. The lowest BCUT2D eigenvalue weighted by Crippen LogP contribution is -2.47. The Labute approximate surface area is 85.4 Å². The molecule has 3 rings (SSSR count). The van der Waals surface area contributed by atoms with Crippen molar-refractivity contribution in [2.75, 3.05) is 26.2 Å². The summed E-state index contributed by atoms with van der Waals surface area (Å²) < 4.78 is 4.99. The molecule has 0 radical (unpaired) electrons. The van der Waals surface area contributed by atoms with E-state index < -0.39 is 0 Å². The molecular weight excluding hydrogens is 178 g/mol. The van der Waals surface area contributed by atoms with Crippen molar-refractivity contribution in [3.8, 4) is 0 Å². The molecule has 3 heterocycles. The van der Waals surface area contributed by atoms with Gasteiger partial charge in [0.1, 0.15) is 0 Å². The number of nitrogens with zero attached hydrogens (tertiary/aromatic N) is 1. The predicted molar refractivity (Wildman–Crippen MR) is 53.9 cm³/mol. The standard InChI is InChI=1S/C11H19NO2/c1-9(13)14-7-4-11-8-12-5-2-10(11)3-6-12/h10-11H,2-8H2,1H3. The number of hydrogen-bond acceptors (Lipinski definition) is 3. The number of carbonyl (C=O) groups is 1. The zero-order valence-electron chi connectivity index (χ0n) is 8.87. The summed E-state index contributed by atoms with van der Waals surface area (Å²) >= 11 is 0. The minimum Gasteiger partial charge on any atom is -0.466 e. The molecule has 0 aromatic rings. The molecule has 3 heteroatoms. The molecule has 3 aliphatic rings. The Bertz CT molecular complexity index is 209. The Morgan fingerprint density at radius 1 is 1.43 bits per heavy atom. The van der Waals surface area contributed by atoms with Gasteiger partial charge in [-0.3, -0.25) is 4.79 Å². The van der Waals surface area contributed by atoms with Crippen LogP contribution in [0.25, 0.3) is 0 Å². The van der Waals surface area contributed by atoms with Gasteiger partial charge in [0.05, 0.1) is 6.61 Å². The maximum Gasteiger partial charge on any atom is 0.302 e. The average Bonchev–Trinajstić information content (AvgIpc) is 2.19. The van der Waals surface area contributed by atoms with E-state index in [2.05, 4.69) is 4.90 Å². The molecule has 0 N–H and O–H groups in total. The van der Waals surface area contributed by atoms with Gasteiger partial charge in [-0.05, 0) is 44.2 Å². The largest absolute Gasteiger partial charge is 0.466 e. The van der Waals surface area contributed by atoms with Gasteiger partial charge in [0.15, 0.2) is 0 Å². The van der Waals surface area contributed by atoms with Crippen LogP contribution in [0.3, 0.4) is 0 Å². The van der Waals surface area contributed by atoms with Gasteiger partial charge in [-0.2, -0.15) is 0 Å². The van der Waals surface area contributed by atoms with E-state index >= 15 is 0 Å². The van der Waals surface area contributed by atoms with Crippen molar-refractivity contribution in [3.05, 3.63) is 0 Å². The van der Waals surface area contributed by atoms with Gasteiger partial charge >= 0.3 is 5.97 Å². The first-order chi connectivity index (χ1) is 6.75. The van der Waals surface area contributed by atoms with Gasteiger partial charge < -0.3 is 9.64 Å². The highest BCUT2D eigenvalue weighted by Crippen LogP contribution is 2.33. The molecule has 1 atom stereocenters. The van der Waals surface area contributed by atoms with E-state index in [-0.39, 0.29) is 5.97 Å². The highest BCUT2D eigenvalue weighted by molar-refractivity contribution is 5.65. The quantitative estimate of drug-likeness (QED) is 0.638. The molecular formula is C11H19NO2. The number of esters is 1. The lowest BCUT2D eigenvalue weighted by molar-refractivity contribution is -0.141.